The Morgan fingerprint density at radius 2 is 1.73 bits per heavy atom. The molecule has 0 saturated carbocycles. The third-order valence-electron chi connectivity index (χ3n) is 8.88. The zero-order chi connectivity index (χ0) is 31.8. The normalized spacial score (nSPS) is 31.0. The van der Waals surface area contributed by atoms with Gasteiger partial charge in [0.05, 0.1) is 6.61 Å². The number of ether oxygens (including phenoxy) is 3. The van der Waals surface area contributed by atoms with Crippen LogP contribution in [0.25, 0.3) is 0 Å². The van der Waals surface area contributed by atoms with E-state index in [-0.39, 0.29) is 17.7 Å². The molecule has 8 nitrogen and oxygen atoms in total. The van der Waals surface area contributed by atoms with Gasteiger partial charge < -0.3 is 35.3 Å². The lowest BCUT2D eigenvalue weighted by molar-refractivity contribution is -0.200. The van der Waals surface area contributed by atoms with E-state index < -0.39 is 53.6 Å². The standard InChI is InChI=1S/C33H37ClF2N2O6S/c1-45-33-30(41)28(39)29(40)31(44-33)18-4-8-25(34)19(11-18)10-17-2-6-22(7-3-17)43-23-14-38(15-23)21-13-27(37)32(42-16-21)24-12-20(35)5-9-26(24)36/h2-9,11-12,21,23,27-33,39-41H,10,13-16,37H2,1H3/t21?,27-,28+,29+,30-,31-,32+,33+/m0/s1. The predicted molar refractivity (Wildman–Crippen MR) is 167 cm³/mol. The Kier molecular flexibility index (Phi) is 10.0. The van der Waals surface area contributed by atoms with Crippen molar-refractivity contribution in [2.45, 2.75) is 67.0 Å². The number of benzene rings is 3. The number of aliphatic hydroxyl groups excluding tert-OH is 3. The van der Waals surface area contributed by atoms with Crippen molar-refractivity contribution in [2.24, 2.45) is 5.73 Å². The molecule has 242 valence electrons. The summed E-state index contributed by atoms with van der Waals surface area (Å²) < 4.78 is 45.9. The minimum Gasteiger partial charge on any atom is -0.488 e. The van der Waals surface area contributed by atoms with Crippen LogP contribution in [0, 0.1) is 11.6 Å². The summed E-state index contributed by atoms with van der Waals surface area (Å²) in [5.74, 6) is -0.288. The van der Waals surface area contributed by atoms with E-state index in [2.05, 4.69) is 4.90 Å². The van der Waals surface area contributed by atoms with E-state index in [0.29, 0.717) is 43.1 Å². The minimum atomic E-state index is -1.32. The molecule has 3 aromatic carbocycles. The summed E-state index contributed by atoms with van der Waals surface area (Å²) in [6, 6.07) is 16.1. The average Bonchev–Trinajstić information content (AvgIpc) is 3.01. The molecule has 1 unspecified atom stereocenters. The molecule has 3 fully saturated rings. The topological polar surface area (TPSA) is 118 Å². The Labute approximate surface area is 270 Å². The number of likely N-dealkylation sites (tertiary alicyclic amines) is 1. The van der Waals surface area contributed by atoms with Crippen LogP contribution >= 0.6 is 23.4 Å². The molecule has 0 radical (unpaired) electrons. The highest BCUT2D eigenvalue weighted by molar-refractivity contribution is 7.99. The summed E-state index contributed by atoms with van der Waals surface area (Å²) >= 11 is 7.79. The third kappa shape index (κ3) is 7.02. The maximum Gasteiger partial charge on any atom is 0.132 e. The van der Waals surface area contributed by atoms with Gasteiger partial charge >= 0.3 is 0 Å². The van der Waals surface area contributed by atoms with Gasteiger partial charge in [-0.05, 0) is 72.2 Å². The van der Waals surface area contributed by atoms with Crippen LogP contribution in [-0.4, -0.2) is 88.1 Å². The van der Waals surface area contributed by atoms with Gasteiger partial charge in [0.2, 0.25) is 0 Å². The van der Waals surface area contributed by atoms with Crippen molar-refractivity contribution in [1.29, 1.82) is 0 Å². The molecule has 0 aromatic heterocycles. The number of halogens is 3. The molecular formula is C33H37ClF2N2O6S. The van der Waals surface area contributed by atoms with Crippen molar-refractivity contribution in [3.05, 3.63) is 99.6 Å². The van der Waals surface area contributed by atoms with Crippen LogP contribution in [0.2, 0.25) is 5.02 Å². The van der Waals surface area contributed by atoms with E-state index in [4.69, 9.17) is 31.5 Å². The molecule has 6 rings (SSSR count). The maximum atomic E-state index is 14.3. The highest BCUT2D eigenvalue weighted by atomic mass is 35.5. The zero-order valence-corrected chi connectivity index (χ0v) is 26.2. The van der Waals surface area contributed by atoms with E-state index >= 15 is 0 Å². The highest BCUT2D eigenvalue weighted by Crippen LogP contribution is 2.37. The second kappa shape index (κ2) is 13.8. The van der Waals surface area contributed by atoms with Crippen molar-refractivity contribution < 1.29 is 38.3 Å². The van der Waals surface area contributed by atoms with Crippen LogP contribution < -0.4 is 10.5 Å². The van der Waals surface area contributed by atoms with Crippen LogP contribution in [0.1, 0.15) is 40.9 Å². The van der Waals surface area contributed by atoms with Gasteiger partial charge in [-0.3, -0.25) is 4.90 Å². The Balaban J connectivity index is 1.01. The van der Waals surface area contributed by atoms with Gasteiger partial charge in [-0.1, -0.05) is 35.9 Å². The molecule has 0 amide bonds. The van der Waals surface area contributed by atoms with Crippen molar-refractivity contribution in [3.8, 4) is 5.75 Å². The van der Waals surface area contributed by atoms with Crippen LogP contribution in [-0.2, 0) is 15.9 Å². The van der Waals surface area contributed by atoms with E-state index in [0.717, 1.165) is 35.1 Å². The number of nitrogens with two attached hydrogens (primary N) is 1. The fourth-order valence-electron chi connectivity index (χ4n) is 6.32. The molecule has 12 heteroatoms. The fourth-order valence-corrected chi connectivity index (χ4v) is 7.17. The van der Waals surface area contributed by atoms with E-state index in [1.807, 2.05) is 30.3 Å². The third-order valence-corrected chi connectivity index (χ3v) is 10.1. The lowest BCUT2D eigenvalue weighted by Gasteiger charge is -2.47. The van der Waals surface area contributed by atoms with E-state index in [9.17, 15) is 24.1 Å². The number of hydrogen-bond donors (Lipinski definition) is 4. The first-order valence-corrected chi connectivity index (χ1v) is 16.6. The molecule has 0 spiro atoms. The molecule has 0 bridgehead atoms. The second-order valence-corrected chi connectivity index (χ2v) is 13.3. The summed E-state index contributed by atoms with van der Waals surface area (Å²) in [7, 11) is 0. The molecule has 3 heterocycles. The minimum absolute atomic E-state index is 0.0116. The van der Waals surface area contributed by atoms with Crippen LogP contribution in [0.4, 0.5) is 8.78 Å². The van der Waals surface area contributed by atoms with Crippen LogP contribution in [0.3, 0.4) is 0 Å². The molecule has 3 aromatic rings. The van der Waals surface area contributed by atoms with Gasteiger partial charge in [-0.25, -0.2) is 8.78 Å². The van der Waals surface area contributed by atoms with Crippen molar-refractivity contribution >= 4 is 23.4 Å². The monoisotopic (exact) mass is 662 g/mol. The van der Waals surface area contributed by atoms with Crippen molar-refractivity contribution in [3.63, 3.8) is 0 Å². The zero-order valence-electron chi connectivity index (χ0n) is 24.6. The summed E-state index contributed by atoms with van der Waals surface area (Å²) in [4.78, 5) is 2.24. The van der Waals surface area contributed by atoms with Crippen LogP contribution in [0.5, 0.6) is 5.75 Å². The van der Waals surface area contributed by atoms with Crippen molar-refractivity contribution in [1.82, 2.24) is 4.90 Å². The first-order chi connectivity index (χ1) is 21.6. The van der Waals surface area contributed by atoms with Gasteiger partial charge in [0.25, 0.3) is 0 Å². The molecular weight excluding hydrogens is 626 g/mol. The van der Waals surface area contributed by atoms with Crippen LogP contribution in [0.15, 0.2) is 60.7 Å². The van der Waals surface area contributed by atoms with Gasteiger partial charge in [-0.15, -0.1) is 11.8 Å². The van der Waals surface area contributed by atoms with E-state index in [1.54, 1.807) is 18.4 Å². The Morgan fingerprint density at radius 3 is 2.44 bits per heavy atom. The van der Waals surface area contributed by atoms with Gasteiger partial charge in [-0.2, -0.15) is 0 Å². The number of nitrogens with zero attached hydrogens (tertiary/aromatic N) is 1. The SMILES string of the molecule is CS[C@H]1O[C@@H](c2ccc(Cl)c(Cc3ccc(OC4CN(C5CO[C@H](c6cc(F)ccc6F)[C@@H](N)C5)C4)cc3)c2)[C@H](O)[C@@H](O)[C@@H]1O. The molecule has 0 aliphatic carbocycles. The summed E-state index contributed by atoms with van der Waals surface area (Å²) in [5.41, 5.74) is 8.34. The number of thioether (sulfide) groups is 1. The molecule has 3 saturated heterocycles. The summed E-state index contributed by atoms with van der Waals surface area (Å²) in [5, 5.41) is 31.7. The first kappa shape index (κ1) is 32.6. The highest BCUT2D eigenvalue weighted by Gasteiger charge is 2.44. The molecule has 8 atom stereocenters. The molecule has 5 N–H and O–H groups in total. The lowest BCUT2D eigenvalue weighted by atomic mass is 9.92. The Hall–Kier alpha value is -2.32. The summed E-state index contributed by atoms with van der Waals surface area (Å²) in [6.45, 7) is 1.80. The molecule has 3 aliphatic rings. The quantitative estimate of drug-likeness (QED) is 0.284. The molecule has 45 heavy (non-hydrogen) atoms. The van der Waals surface area contributed by atoms with Crippen molar-refractivity contribution in [2.75, 3.05) is 26.0 Å². The lowest BCUT2D eigenvalue weighted by Crippen LogP contribution is -2.61. The Bertz CT molecular complexity index is 1480. The smallest absolute Gasteiger partial charge is 0.132 e. The number of rotatable bonds is 8. The largest absolute Gasteiger partial charge is 0.488 e. The van der Waals surface area contributed by atoms with Gasteiger partial charge in [0, 0.05) is 35.8 Å². The maximum absolute atomic E-state index is 14.3. The summed E-state index contributed by atoms with van der Waals surface area (Å²) in [6.07, 6.45) is -2.34. The van der Waals surface area contributed by atoms with Gasteiger partial charge in [0.15, 0.2) is 0 Å². The number of hydrogen-bond acceptors (Lipinski definition) is 9. The molecule has 3 aliphatic heterocycles. The Morgan fingerprint density at radius 1 is 0.978 bits per heavy atom. The fraction of sp³-hybridized carbons (Fsp3) is 0.455. The second-order valence-electron chi connectivity index (χ2n) is 12.0. The average molecular weight is 663 g/mol. The van der Waals surface area contributed by atoms with E-state index in [1.165, 1.54) is 11.8 Å². The first-order valence-electron chi connectivity index (χ1n) is 14.9. The number of aliphatic hydroxyl groups is 3. The van der Waals surface area contributed by atoms with Gasteiger partial charge in [0.1, 0.15) is 59.4 Å². The predicted octanol–water partition coefficient (Wildman–Crippen LogP) is 3.97.